The topological polar surface area (TPSA) is 87.7 Å². The number of carbonyl (C=O) groups is 3. The van der Waals surface area contributed by atoms with Crippen molar-refractivity contribution in [3.63, 3.8) is 0 Å². The molecule has 2 aromatic carbocycles. The van der Waals surface area contributed by atoms with E-state index in [2.05, 4.69) is 23.3 Å². The molecule has 2 aromatic rings. The Morgan fingerprint density at radius 3 is 2.24 bits per heavy atom. The number of amides is 3. The van der Waals surface area contributed by atoms with Gasteiger partial charge in [0.2, 0.25) is 5.91 Å². The number of anilines is 1. The number of para-hydroxylation sites is 1. The number of benzene rings is 2. The SMILES string of the molecule is CCCCN(C(=O)C(CS)NC(=O)OC(C)(C)C)C(C(=O)Nc1ccccc1C)c1cccc(C)c1C. The van der Waals surface area contributed by atoms with E-state index in [4.69, 9.17) is 4.74 Å². The molecule has 0 aliphatic heterocycles. The van der Waals surface area contributed by atoms with Crippen molar-refractivity contribution in [1.29, 1.82) is 0 Å². The van der Waals surface area contributed by atoms with Gasteiger partial charge in [0.15, 0.2) is 0 Å². The summed E-state index contributed by atoms with van der Waals surface area (Å²) >= 11 is 4.35. The van der Waals surface area contributed by atoms with E-state index >= 15 is 0 Å². The van der Waals surface area contributed by atoms with E-state index in [0.29, 0.717) is 18.7 Å². The van der Waals surface area contributed by atoms with Gasteiger partial charge in [0.05, 0.1) is 0 Å². The summed E-state index contributed by atoms with van der Waals surface area (Å²) in [6, 6.07) is 11.4. The van der Waals surface area contributed by atoms with E-state index in [1.807, 2.05) is 70.2 Å². The van der Waals surface area contributed by atoms with Crippen LogP contribution >= 0.6 is 12.6 Å². The number of ether oxygens (including phenoxy) is 1. The molecule has 0 radical (unpaired) electrons. The molecule has 0 saturated carbocycles. The van der Waals surface area contributed by atoms with Gasteiger partial charge in [-0.25, -0.2) is 4.79 Å². The molecule has 0 aromatic heterocycles. The van der Waals surface area contributed by atoms with E-state index in [-0.39, 0.29) is 17.6 Å². The number of hydrogen-bond donors (Lipinski definition) is 3. The third-order valence-electron chi connectivity index (χ3n) is 6.11. The summed E-state index contributed by atoms with van der Waals surface area (Å²) in [5, 5.41) is 5.68. The predicted octanol–water partition coefficient (Wildman–Crippen LogP) is 5.74. The number of nitrogens with one attached hydrogen (secondary N) is 2. The zero-order valence-electron chi connectivity index (χ0n) is 23.1. The van der Waals surface area contributed by atoms with E-state index in [9.17, 15) is 14.4 Å². The molecular weight excluding hydrogens is 486 g/mol. The van der Waals surface area contributed by atoms with Gasteiger partial charge in [-0.05, 0) is 76.3 Å². The minimum atomic E-state index is -0.964. The highest BCUT2D eigenvalue weighted by atomic mass is 32.1. The fraction of sp³-hybridized carbons (Fsp3) is 0.483. The lowest BCUT2D eigenvalue weighted by molar-refractivity contribution is -0.140. The van der Waals surface area contributed by atoms with Gasteiger partial charge < -0.3 is 20.3 Å². The summed E-state index contributed by atoms with van der Waals surface area (Å²) in [5.74, 6) is -0.651. The number of aryl methyl sites for hydroxylation is 2. The molecular formula is C29H41N3O4S. The summed E-state index contributed by atoms with van der Waals surface area (Å²) in [7, 11) is 0. The number of thiol groups is 1. The monoisotopic (exact) mass is 527 g/mol. The zero-order chi connectivity index (χ0) is 27.8. The van der Waals surface area contributed by atoms with Crippen molar-refractivity contribution in [1.82, 2.24) is 10.2 Å². The van der Waals surface area contributed by atoms with Crippen LogP contribution in [0.4, 0.5) is 10.5 Å². The van der Waals surface area contributed by atoms with Crippen LogP contribution in [0.2, 0.25) is 0 Å². The third-order valence-corrected chi connectivity index (χ3v) is 6.48. The number of rotatable bonds is 10. The van der Waals surface area contributed by atoms with Crippen molar-refractivity contribution in [2.45, 2.75) is 79.0 Å². The van der Waals surface area contributed by atoms with Gasteiger partial charge in [0, 0.05) is 18.0 Å². The lowest BCUT2D eigenvalue weighted by atomic mass is 9.94. The minimum Gasteiger partial charge on any atom is -0.444 e. The second-order valence-electron chi connectivity index (χ2n) is 10.3. The summed E-state index contributed by atoms with van der Waals surface area (Å²) in [6.45, 7) is 13.5. The quantitative estimate of drug-likeness (QED) is 0.344. The molecule has 2 N–H and O–H groups in total. The normalized spacial score (nSPS) is 12.9. The van der Waals surface area contributed by atoms with E-state index < -0.39 is 23.8 Å². The average Bonchev–Trinajstić information content (AvgIpc) is 2.82. The first-order valence-corrected chi connectivity index (χ1v) is 13.4. The van der Waals surface area contributed by atoms with Crippen LogP contribution in [-0.4, -0.2) is 46.7 Å². The molecule has 202 valence electrons. The Morgan fingerprint density at radius 1 is 1.00 bits per heavy atom. The largest absolute Gasteiger partial charge is 0.444 e. The molecule has 37 heavy (non-hydrogen) atoms. The number of hydrogen-bond acceptors (Lipinski definition) is 5. The Balaban J connectivity index is 2.53. The van der Waals surface area contributed by atoms with Crippen LogP contribution in [-0.2, 0) is 14.3 Å². The van der Waals surface area contributed by atoms with Crippen LogP contribution in [0.15, 0.2) is 42.5 Å². The smallest absolute Gasteiger partial charge is 0.408 e. The predicted molar refractivity (Wildman–Crippen MR) is 152 cm³/mol. The van der Waals surface area contributed by atoms with Gasteiger partial charge in [-0.1, -0.05) is 49.7 Å². The number of alkyl carbamates (subject to hydrolysis) is 1. The van der Waals surface area contributed by atoms with E-state index in [1.165, 1.54) is 0 Å². The van der Waals surface area contributed by atoms with Gasteiger partial charge in [-0.2, -0.15) is 12.6 Å². The molecule has 0 fully saturated rings. The lowest BCUT2D eigenvalue weighted by Crippen LogP contribution is -2.53. The number of nitrogens with zero attached hydrogens (tertiary/aromatic N) is 1. The molecule has 0 aliphatic rings. The Morgan fingerprint density at radius 2 is 1.65 bits per heavy atom. The first-order valence-electron chi connectivity index (χ1n) is 12.7. The molecule has 2 rings (SSSR count). The van der Waals surface area contributed by atoms with E-state index in [0.717, 1.165) is 28.7 Å². The maximum atomic E-state index is 13.9. The number of carbonyl (C=O) groups excluding carboxylic acids is 3. The van der Waals surface area contributed by atoms with Gasteiger partial charge in [0.1, 0.15) is 17.7 Å². The van der Waals surface area contributed by atoms with Crippen LogP contribution in [0, 0.1) is 20.8 Å². The highest BCUT2D eigenvalue weighted by Crippen LogP contribution is 2.29. The summed E-state index contributed by atoms with van der Waals surface area (Å²) in [6.07, 6.45) is 0.813. The van der Waals surface area contributed by atoms with Crippen LogP contribution in [0.5, 0.6) is 0 Å². The second kappa shape index (κ2) is 13.5. The zero-order valence-corrected chi connectivity index (χ0v) is 23.9. The Labute approximate surface area is 226 Å². The van der Waals surface area contributed by atoms with Crippen LogP contribution < -0.4 is 10.6 Å². The van der Waals surface area contributed by atoms with Gasteiger partial charge in [0.25, 0.3) is 5.91 Å². The summed E-state index contributed by atoms with van der Waals surface area (Å²) in [4.78, 5) is 41.9. The molecule has 3 amide bonds. The van der Waals surface area contributed by atoms with Crippen molar-refractivity contribution < 1.29 is 19.1 Å². The highest BCUT2D eigenvalue weighted by molar-refractivity contribution is 7.80. The van der Waals surface area contributed by atoms with Crippen molar-refractivity contribution in [3.05, 3.63) is 64.7 Å². The highest BCUT2D eigenvalue weighted by Gasteiger charge is 2.36. The van der Waals surface area contributed by atoms with Crippen molar-refractivity contribution in [2.75, 3.05) is 17.6 Å². The fourth-order valence-electron chi connectivity index (χ4n) is 3.97. The molecule has 7 nitrogen and oxygen atoms in total. The van der Waals surface area contributed by atoms with Gasteiger partial charge >= 0.3 is 6.09 Å². The maximum Gasteiger partial charge on any atom is 0.408 e. The number of unbranched alkanes of at least 4 members (excludes halogenated alkanes) is 1. The minimum absolute atomic E-state index is 0.0552. The van der Waals surface area contributed by atoms with E-state index in [1.54, 1.807) is 25.7 Å². The molecule has 0 spiro atoms. The molecule has 2 unspecified atom stereocenters. The summed E-state index contributed by atoms with van der Waals surface area (Å²) in [5.41, 5.74) is 3.58. The summed E-state index contributed by atoms with van der Waals surface area (Å²) < 4.78 is 5.37. The first kappa shape index (κ1) is 30.2. The fourth-order valence-corrected chi connectivity index (χ4v) is 4.21. The van der Waals surface area contributed by atoms with Crippen LogP contribution in [0.1, 0.15) is 68.8 Å². The molecule has 2 atom stereocenters. The van der Waals surface area contributed by atoms with Gasteiger partial charge in [-0.15, -0.1) is 0 Å². The standard InChI is InChI=1S/C29H41N3O4S/c1-8-9-17-32(27(34)24(18-37)31-28(35)36-29(5,6)7)25(22-15-12-14-19(2)21(22)4)26(33)30-23-16-11-10-13-20(23)3/h10-16,24-25,37H,8-9,17-18H2,1-7H3,(H,30,33)(H,31,35). The van der Waals surface area contributed by atoms with Crippen LogP contribution in [0.25, 0.3) is 0 Å². The third kappa shape index (κ3) is 8.52. The second-order valence-corrected chi connectivity index (χ2v) is 10.6. The molecule has 0 bridgehead atoms. The molecule has 8 heteroatoms. The van der Waals surface area contributed by atoms with Gasteiger partial charge in [-0.3, -0.25) is 9.59 Å². The Kier molecular flexibility index (Phi) is 11.0. The van der Waals surface area contributed by atoms with Crippen molar-refractivity contribution in [3.8, 4) is 0 Å². The van der Waals surface area contributed by atoms with Crippen molar-refractivity contribution in [2.24, 2.45) is 0 Å². The molecule has 0 aliphatic carbocycles. The maximum absolute atomic E-state index is 13.9. The average molecular weight is 528 g/mol. The molecule has 0 heterocycles. The Bertz CT molecular complexity index is 1100. The Hall–Kier alpha value is -3.00. The molecule has 0 saturated heterocycles. The first-order chi connectivity index (χ1) is 17.4. The lowest BCUT2D eigenvalue weighted by Gasteiger charge is -2.35. The van der Waals surface area contributed by atoms with Crippen LogP contribution in [0.3, 0.4) is 0 Å². The van der Waals surface area contributed by atoms with Crippen molar-refractivity contribution >= 4 is 36.2 Å².